The molecule has 0 saturated carbocycles. The molecule has 1 amide bonds. The lowest BCUT2D eigenvalue weighted by molar-refractivity contribution is -0.138. The van der Waals surface area contributed by atoms with E-state index in [2.05, 4.69) is 11.2 Å². The zero-order valence-electron chi connectivity index (χ0n) is 11.6. The van der Waals surface area contributed by atoms with Gasteiger partial charge < -0.3 is 10.4 Å². The fourth-order valence-corrected chi connectivity index (χ4v) is 2.41. The van der Waals surface area contributed by atoms with Gasteiger partial charge in [-0.05, 0) is 12.1 Å². The van der Waals surface area contributed by atoms with E-state index < -0.39 is 5.97 Å². The van der Waals surface area contributed by atoms with Crippen LogP contribution in [0.15, 0.2) is 35.2 Å². The van der Waals surface area contributed by atoms with Gasteiger partial charge in [0.1, 0.15) is 0 Å². The standard InChI is InChI=1S/C15H18N2O3S/c1-2-9-17(12-15(19)20)11-14(18)16-8-10-21-13-6-4-3-5-7-13/h1,3-7H,8-12H2,(H,16,18)(H,19,20). The van der Waals surface area contributed by atoms with Gasteiger partial charge in [0.25, 0.3) is 0 Å². The van der Waals surface area contributed by atoms with Gasteiger partial charge in [-0.25, -0.2) is 0 Å². The number of benzene rings is 1. The van der Waals surface area contributed by atoms with E-state index in [1.807, 2.05) is 30.3 Å². The summed E-state index contributed by atoms with van der Waals surface area (Å²) < 4.78 is 0. The number of hydrogen-bond donors (Lipinski definition) is 2. The molecule has 0 heterocycles. The van der Waals surface area contributed by atoms with E-state index in [1.165, 1.54) is 4.90 Å². The number of nitrogens with zero attached hydrogens (tertiary/aromatic N) is 1. The second kappa shape index (κ2) is 9.86. The van der Waals surface area contributed by atoms with E-state index in [0.29, 0.717) is 6.54 Å². The van der Waals surface area contributed by atoms with Crippen molar-refractivity contribution in [3.63, 3.8) is 0 Å². The summed E-state index contributed by atoms with van der Waals surface area (Å²) in [6.07, 6.45) is 5.15. The molecule has 2 N–H and O–H groups in total. The Morgan fingerprint density at radius 2 is 2.00 bits per heavy atom. The van der Waals surface area contributed by atoms with Crippen LogP contribution in [-0.4, -0.2) is 53.8 Å². The van der Waals surface area contributed by atoms with Gasteiger partial charge in [-0.3, -0.25) is 14.5 Å². The Balaban J connectivity index is 2.23. The smallest absolute Gasteiger partial charge is 0.317 e. The van der Waals surface area contributed by atoms with Crippen molar-refractivity contribution in [1.29, 1.82) is 0 Å². The molecule has 5 nitrogen and oxygen atoms in total. The van der Waals surface area contributed by atoms with Crippen LogP contribution >= 0.6 is 11.8 Å². The first-order valence-electron chi connectivity index (χ1n) is 6.44. The van der Waals surface area contributed by atoms with Crippen LogP contribution in [0.5, 0.6) is 0 Å². The van der Waals surface area contributed by atoms with E-state index in [4.69, 9.17) is 11.5 Å². The molecule has 112 valence electrons. The second-order valence-corrected chi connectivity index (χ2v) is 5.42. The molecule has 21 heavy (non-hydrogen) atoms. The Morgan fingerprint density at radius 3 is 2.62 bits per heavy atom. The molecule has 0 aromatic heterocycles. The summed E-state index contributed by atoms with van der Waals surface area (Å²) in [5, 5.41) is 11.5. The third-order valence-electron chi connectivity index (χ3n) is 2.48. The molecular weight excluding hydrogens is 288 g/mol. The number of hydrogen-bond acceptors (Lipinski definition) is 4. The van der Waals surface area contributed by atoms with Gasteiger partial charge in [-0.1, -0.05) is 24.1 Å². The van der Waals surface area contributed by atoms with Crippen molar-refractivity contribution in [2.24, 2.45) is 0 Å². The lowest BCUT2D eigenvalue weighted by atomic mass is 10.4. The summed E-state index contributed by atoms with van der Waals surface area (Å²) in [6, 6.07) is 9.89. The Bertz CT molecular complexity index is 499. The average Bonchev–Trinajstić information content (AvgIpc) is 2.44. The summed E-state index contributed by atoms with van der Waals surface area (Å²) in [5.74, 6) is 1.88. The highest BCUT2D eigenvalue weighted by Crippen LogP contribution is 2.15. The minimum Gasteiger partial charge on any atom is -0.480 e. The number of carbonyl (C=O) groups excluding carboxylic acids is 1. The van der Waals surface area contributed by atoms with Crippen LogP contribution in [0.4, 0.5) is 0 Å². The fraction of sp³-hybridized carbons (Fsp3) is 0.333. The summed E-state index contributed by atoms with van der Waals surface area (Å²) in [6.45, 7) is 0.413. The zero-order valence-corrected chi connectivity index (χ0v) is 12.4. The minimum atomic E-state index is -1.00. The molecule has 0 aliphatic rings. The van der Waals surface area contributed by atoms with Crippen molar-refractivity contribution in [2.75, 3.05) is 31.9 Å². The number of rotatable bonds is 9. The van der Waals surface area contributed by atoms with Gasteiger partial charge in [-0.2, -0.15) is 0 Å². The molecule has 0 spiro atoms. The Morgan fingerprint density at radius 1 is 1.29 bits per heavy atom. The van der Waals surface area contributed by atoms with Gasteiger partial charge in [0, 0.05) is 17.2 Å². The van der Waals surface area contributed by atoms with Gasteiger partial charge in [0.05, 0.1) is 19.6 Å². The number of terminal acetylenes is 1. The summed E-state index contributed by atoms with van der Waals surface area (Å²) in [4.78, 5) is 24.9. The maximum absolute atomic E-state index is 11.7. The van der Waals surface area contributed by atoms with E-state index >= 15 is 0 Å². The van der Waals surface area contributed by atoms with Crippen LogP contribution in [0.25, 0.3) is 0 Å². The van der Waals surface area contributed by atoms with Crippen molar-refractivity contribution in [3.05, 3.63) is 30.3 Å². The third-order valence-corrected chi connectivity index (χ3v) is 3.49. The number of aliphatic carboxylic acids is 1. The quantitative estimate of drug-likeness (QED) is 0.403. The maximum Gasteiger partial charge on any atom is 0.317 e. The molecule has 0 aliphatic heterocycles. The van der Waals surface area contributed by atoms with E-state index in [1.54, 1.807) is 11.8 Å². The van der Waals surface area contributed by atoms with E-state index in [9.17, 15) is 9.59 Å². The van der Waals surface area contributed by atoms with Gasteiger partial charge >= 0.3 is 5.97 Å². The van der Waals surface area contributed by atoms with Gasteiger partial charge in [-0.15, -0.1) is 18.2 Å². The monoisotopic (exact) mass is 306 g/mol. The number of amides is 1. The first-order valence-corrected chi connectivity index (χ1v) is 7.42. The number of nitrogens with one attached hydrogen (secondary N) is 1. The summed E-state index contributed by atoms with van der Waals surface area (Å²) in [7, 11) is 0. The molecule has 0 unspecified atom stereocenters. The van der Waals surface area contributed by atoms with Gasteiger partial charge in [0.15, 0.2) is 0 Å². The van der Waals surface area contributed by atoms with Gasteiger partial charge in [0.2, 0.25) is 5.91 Å². The van der Waals surface area contributed by atoms with Crippen LogP contribution in [0.2, 0.25) is 0 Å². The number of carbonyl (C=O) groups is 2. The van der Waals surface area contributed by atoms with Crippen molar-refractivity contribution in [3.8, 4) is 12.3 Å². The Kier molecular flexibility index (Phi) is 8.02. The number of carboxylic acid groups (broad SMARTS) is 1. The highest BCUT2D eigenvalue weighted by molar-refractivity contribution is 7.99. The molecule has 1 aromatic rings. The van der Waals surface area contributed by atoms with Crippen molar-refractivity contribution < 1.29 is 14.7 Å². The van der Waals surface area contributed by atoms with Crippen molar-refractivity contribution in [1.82, 2.24) is 10.2 Å². The van der Waals surface area contributed by atoms with E-state index in [-0.39, 0.29) is 25.5 Å². The first kappa shape index (κ1) is 17.1. The highest BCUT2D eigenvalue weighted by Gasteiger charge is 2.12. The predicted molar refractivity (Wildman–Crippen MR) is 83.1 cm³/mol. The molecule has 1 aromatic carbocycles. The second-order valence-electron chi connectivity index (χ2n) is 4.25. The summed E-state index contributed by atoms with van der Waals surface area (Å²) in [5.41, 5.74) is 0. The predicted octanol–water partition coefficient (Wildman–Crippen LogP) is 0.915. The largest absolute Gasteiger partial charge is 0.480 e. The molecule has 0 bridgehead atoms. The normalized spacial score (nSPS) is 10.1. The molecule has 0 aliphatic carbocycles. The van der Waals surface area contributed by atoms with Crippen LogP contribution in [0, 0.1) is 12.3 Å². The molecule has 0 radical (unpaired) electrons. The zero-order chi connectivity index (χ0) is 15.5. The molecule has 6 heteroatoms. The Labute approximate surface area is 128 Å². The van der Waals surface area contributed by atoms with Crippen LogP contribution < -0.4 is 5.32 Å². The molecule has 0 atom stereocenters. The lowest BCUT2D eigenvalue weighted by Crippen LogP contribution is -2.40. The Hall–Kier alpha value is -1.97. The van der Waals surface area contributed by atoms with Crippen LogP contribution in [-0.2, 0) is 9.59 Å². The minimum absolute atomic E-state index is 0.00744. The topological polar surface area (TPSA) is 69.6 Å². The first-order chi connectivity index (χ1) is 10.1. The summed E-state index contributed by atoms with van der Waals surface area (Å²) >= 11 is 1.65. The fourth-order valence-electron chi connectivity index (χ4n) is 1.62. The number of carboxylic acids is 1. The number of thioether (sulfide) groups is 1. The molecular formula is C15H18N2O3S. The molecule has 0 fully saturated rings. The molecule has 1 rings (SSSR count). The molecule has 0 saturated heterocycles. The van der Waals surface area contributed by atoms with E-state index in [0.717, 1.165) is 10.6 Å². The SMILES string of the molecule is C#CCN(CC(=O)O)CC(=O)NCCSc1ccccc1. The van der Waals surface area contributed by atoms with Crippen molar-refractivity contribution in [2.45, 2.75) is 4.90 Å². The highest BCUT2D eigenvalue weighted by atomic mass is 32.2. The van der Waals surface area contributed by atoms with Crippen LogP contribution in [0.3, 0.4) is 0 Å². The lowest BCUT2D eigenvalue weighted by Gasteiger charge is -2.16. The maximum atomic E-state index is 11.7. The van der Waals surface area contributed by atoms with Crippen LogP contribution in [0.1, 0.15) is 0 Å². The average molecular weight is 306 g/mol. The van der Waals surface area contributed by atoms with Crippen molar-refractivity contribution >= 4 is 23.6 Å². The third kappa shape index (κ3) is 8.02.